The topological polar surface area (TPSA) is 9.23 Å². The lowest BCUT2D eigenvalue weighted by Crippen LogP contribution is -2.14. The van der Waals surface area contributed by atoms with E-state index in [-0.39, 0.29) is 6.10 Å². The Labute approximate surface area is 60.7 Å². The monoisotopic (exact) mass is 134 g/mol. The van der Waals surface area contributed by atoms with Crippen LogP contribution in [0.2, 0.25) is 0 Å². The molecule has 0 fully saturated rings. The van der Waals surface area contributed by atoms with Crippen molar-refractivity contribution >= 4 is 0 Å². The molecule has 2 aliphatic rings. The molecule has 52 valence electrons. The minimum absolute atomic E-state index is 0.282. The van der Waals surface area contributed by atoms with E-state index in [1.165, 1.54) is 5.57 Å². The highest BCUT2D eigenvalue weighted by atomic mass is 16.5. The summed E-state index contributed by atoms with van der Waals surface area (Å²) in [7, 11) is 0. The molecule has 0 aromatic rings. The average molecular weight is 134 g/mol. The maximum atomic E-state index is 5.32. The first kappa shape index (κ1) is 5.78. The lowest BCUT2D eigenvalue weighted by atomic mass is 9.96. The molecule has 0 spiro atoms. The third kappa shape index (κ3) is 0.783. The second kappa shape index (κ2) is 2.01. The first-order valence-corrected chi connectivity index (χ1v) is 3.55. The maximum Gasteiger partial charge on any atom is 0.126 e. The molecule has 0 bridgehead atoms. The maximum absolute atomic E-state index is 5.32. The first-order valence-electron chi connectivity index (χ1n) is 3.55. The summed E-state index contributed by atoms with van der Waals surface area (Å²) < 4.78 is 5.32. The highest BCUT2D eigenvalue weighted by molar-refractivity contribution is 5.28. The minimum Gasteiger partial charge on any atom is -0.493 e. The highest BCUT2D eigenvalue weighted by Crippen LogP contribution is 2.25. The molecule has 1 aliphatic heterocycles. The molecule has 2 rings (SSSR count). The second-order valence-corrected chi connectivity index (χ2v) is 2.78. The van der Waals surface area contributed by atoms with Crippen LogP contribution in [0.15, 0.2) is 36.1 Å². The Morgan fingerprint density at radius 2 is 2.30 bits per heavy atom. The van der Waals surface area contributed by atoms with E-state index in [0.29, 0.717) is 5.92 Å². The Morgan fingerprint density at radius 1 is 1.40 bits per heavy atom. The highest BCUT2D eigenvalue weighted by Gasteiger charge is 2.21. The van der Waals surface area contributed by atoms with Gasteiger partial charge in [-0.05, 0) is 19.1 Å². The van der Waals surface area contributed by atoms with Crippen LogP contribution >= 0.6 is 0 Å². The van der Waals surface area contributed by atoms with Gasteiger partial charge < -0.3 is 4.74 Å². The van der Waals surface area contributed by atoms with E-state index in [4.69, 9.17) is 4.74 Å². The number of hydrogen-bond donors (Lipinski definition) is 0. The first-order chi connectivity index (χ1) is 4.86. The van der Waals surface area contributed by atoms with Crippen LogP contribution in [0.25, 0.3) is 0 Å². The smallest absolute Gasteiger partial charge is 0.126 e. The third-order valence-electron chi connectivity index (χ3n) is 1.92. The number of ether oxygens (including phenoxy) is 1. The SMILES string of the molecule is CC1=CC2OC=CC2C=C1. The molecular weight excluding hydrogens is 124 g/mol. The van der Waals surface area contributed by atoms with Crippen molar-refractivity contribution in [3.05, 3.63) is 36.1 Å². The Balaban J connectivity index is 2.25. The van der Waals surface area contributed by atoms with E-state index in [0.717, 1.165) is 0 Å². The number of rotatable bonds is 0. The summed E-state index contributed by atoms with van der Waals surface area (Å²) in [5.74, 6) is 0.490. The Bertz CT molecular complexity index is 223. The molecule has 1 nitrogen and oxygen atoms in total. The van der Waals surface area contributed by atoms with Crippen molar-refractivity contribution in [2.45, 2.75) is 13.0 Å². The van der Waals surface area contributed by atoms with Crippen LogP contribution in [0.1, 0.15) is 6.92 Å². The van der Waals surface area contributed by atoms with Crippen LogP contribution in [-0.4, -0.2) is 6.10 Å². The van der Waals surface area contributed by atoms with Gasteiger partial charge in [0.05, 0.1) is 6.26 Å². The lowest BCUT2D eigenvalue weighted by molar-refractivity contribution is 0.191. The van der Waals surface area contributed by atoms with E-state index >= 15 is 0 Å². The molecule has 1 heteroatoms. The standard InChI is InChI=1S/C9H10O/c1-7-2-3-8-4-5-10-9(8)6-7/h2-6,8-9H,1H3. The van der Waals surface area contributed by atoms with Crippen molar-refractivity contribution in [3.8, 4) is 0 Å². The van der Waals surface area contributed by atoms with Crippen molar-refractivity contribution in [2.75, 3.05) is 0 Å². The Kier molecular flexibility index (Phi) is 1.16. The molecule has 0 aromatic carbocycles. The largest absolute Gasteiger partial charge is 0.493 e. The number of allylic oxidation sites excluding steroid dienone is 2. The predicted octanol–water partition coefficient (Wildman–Crippen LogP) is 2.03. The van der Waals surface area contributed by atoms with Crippen LogP contribution in [0, 0.1) is 5.92 Å². The fourth-order valence-corrected chi connectivity index (χ4v) is 1.33. The molecule has 2 unspecified atom stereocenters. The molecule has 0 amide bonds. The summed E-state index contributed by atoms with van der Waals surface area (Å²) in [6, 6.07) is 0. The van der Waals surface area contributed by atoms with Gasteiger partial charge in [-0.15, -0.1) is 0 Å². The summed E-state index contributed by atoms with van der Waals surface area (Å²) in [5.41, 5.74) is 1.30. The molecule has 1 aliphatic carbocycles. The van der Waals surface area contributed by atoms with E-state index in [1.807, 2.05) is 0 Å². The summed E-state index contributed by atoms with van der Waals surface area (Å²) in [4.78, 5) is 0. The van der Waals surface area contributed by atoms with Crippen molar-refractivity contribution in [3.63, 3.8) is 0 Å². The van der Waals surface area contributed by atoms with Gasteiger partial charge in [-0.1, -0.05) is 17.7 Å². The number of fused-ring (bicyclic) bond motifs is 1. The van der Waals surface area contributed by atoms with Gasteiger partial charge in [0.25, 0.3) is 0 Å². The summed E-state index contributed by atoms with van der Waals surface area (Å²) in [5, 5.41) is 0. The van der Waals surface area contributed by atoms with Gasteiger partial charge in [-0.3, -0.25) is 0 Å². The third-order valence-corrected chi connectivity index (χ3v) is 1.92. The molecule has 1 heterocycles. The zero-order chi connectivity index (χ0) is 6.97. The van der Waals surface area contributed by atoms with Crippen LogP contribution in [0.3, 0.4) is 0 Å². The van der Waals surface area contributed by atoms with E-state index in [9.17, 15) is 0 Å². The van der Waals surface area contributed by atoms with Crippen molar-refractivity contribution in [1.82, 2.24) is 0 Å². The minimum atomic E-state index is 0.282. The van der Waals surface area contributed by atoms with Gasteiger partial charge in [0.2, 0.25) is 0 Å². The van der Waals surface area contributed by atoms with E-state index < -0.39 is 0 Å². The quantitative estimate of drug-likeness (QED) is 0.492. The van der Waals surface area contributed by atoms with Crippen molar-refractivity contribution in [1.29, 1.82) is 0 Å². The second-order valence-electron chi connectivity index (χ2n) is 2.78. The molecule has 0 radical (unpaired) electrons. The lowest BCUT2D eigenvalue weighted by Gasteiger charge is -2.15. The van der Waals surface area contributed by atoms with Gasteiger partial charge in [0, 0.05) is 5.92 Å². The van der Waals surface area contributed by atoms with Gasteiger partial charge in [0.1, 0.15) is 6.10 Å². The van der Waals surface area contributed by atoms with Gasteiger partial charge in [0.15, 0.2) is 0 Å². The fraction of sp³-hybridized carbons (Fsp3) is 0.333. The normalized spacial score (nSPS) is 35.1. The molecule has 10 heavy (non-hydrogen) atoms. The summed E-state index contributed by atoms with van der Waals surface area (Å²) in [6.45, 7) is 2.09. The molecule has 0 saturated carbocycles. The average Bonchev–Trinajstić information content (AvgIpc) is 2.33. The van der Waals surface area contributed by atoms with Crippen molar-refractivity contribution < 1.29 is 4.74 Å². The zero-order valence-corrected chi connectivity index (χ0v) is 5.95. The fourth-order valence-electron chi connectivity index (χ4n) is 1.33. The Morgan fingerprint density at radius 3 is 3.20 bits per heavy atom. The van der Waals surface area contributed by atoms with Gasteiger partial charge in [-0.2, -0.15) is 0 Å². The van der Waals surface area contributed by atoms with Gasteiger partial charge in [-0.25, -0.2) is 0 Å². The summed E-state index contributed by atoms with van der Waals surface area (Å²) >= 11 is 0. The van der Waals surface area contributed by atoms with Crippen molar-refractivity contribution in [2.24, 2.45) is 5.92 Å². The van der Waals surface area contributed by atoms with Crippen LogP contribution in [-0.2, 0) is 4.74 Å². The summed E-state index contributed by atoms with van der Waals surface area (Å²) in [6.07, 6.45) is 10.6. The molecule has 0 aromatic heterocycles. The van der Waals surface area contributed by atoms with Crippen LogP contribution < -0.4 is 0 Å². The van der Waals surface area contributed by atoms with Gasteiger partial charge >= 0.3 is 0 Å². The van der Waals surface area contributed by atoms with E-state index in [2.05, 4.69) is 31.2 Å². The Hall–Kier alpha value is -0.980. The molecule has 0 N–H and O–H groups in total. The molecule has 2 atom stereocenters. The molecule has 0 saturated heterocycles. The van der Waals surface area contributed by atoms with Crippen LogP contribution in [0.4, 0.5) is 0 Å². The predicted molar refractivity (Wildman–Crippen MR) is 40.4 cm³/mol. The molecular formula is C9H10O. The van der Waals surface area contributed by atoms with Crippen LogP contribution in [0.5, 0.6) is 0 Å². The number of hydrogen-bond acceptors (Lipinski definition) is 1. The zero-order valence-electron chi connectivity index (χ0n) is 5.95. The van der Waals surface area contributed by atoms with E-state index in [1.54, 1.807) is 6.26 Å².